The van der Waals surface area contributed by atoms with Crippen LogP contribution in [-0.4, -0.2) is 78.9 Å². The van der Waals surface area contributed by atoms with E-state index in [4.69, 9.17) is 23.8 Å². The molecule has 0 radical (unpaired) electrons. The fourth-order valence-electron chi connectivity index (χ4n) is 10.1. The molecule has 0 aromatic heterocycles. The van der Waals surface area contributed by atoms with Crippen molar-refractivity contribution in [2.45, 2.75) is 123 Å². The molecular formula is C42H55F6O10-. The molecule has 0 spiro atoms. The minimum absolute atomic E-state index is 0.0411. The van der Waals surface area contributed by atoms with Crippen LogP contribution in [0.2, 0.25) is 0 Å². The predicted molar refractivity (Wildman–Crippen MR) is 195 cm³/mol. The van der Waals surface area contributed by atoms with Gasteiger partial charge in [-0.05, 0) is 130 Å². The summed E-state index contributed by atoms with van der Waals surface area (Å²) in [6.07, 6.45) is -7.14. The van der Waals surface area contributed by atoms with Crippen LogP contribution >= 0.6 is 0 Å². The van der Waals surface area contributed by atoms with Crippen LogP contribution in [0.15, 0.2) is 46.9 Å². The summed E-state index contributed by atoms with van der Waals surface area (Å²) in [7, 11) is 0. The van der Waals surface area contributed by atoms with E-state index in [9.17, 15) is 51.4 Å². The molecule has 5 rings (SSSR count). The quantitative estimate of drug-likeness (QED) is 0.0814. The van der Waals surface area contributed by atoms with Gasteiger partial charge in [0, 0.05) is 16.9 Å². The highest BCUT2D eigenvalue weighted by molar-refractivity contribution is 5.93. The Kier molecular flexibility index (Phi) is 13.7. The van der Waals surface area contributed by atoms with Crippen molar-refractivity contribution in [3.8, 4) is 0 Å². The zero-order chi connectivity index (χ0) is 43.0. The lowest BCUT2D eigenvalue weighted by Gasteiger charge is -2.56. The maximum absolute atomic E-state index is 14.1. The van der Waals surface area contributed by atoms with E-state index >= 15 is 0 Å². The third-order valence-electron chi connectivity index (χ3n) is 14.4. The third kappa shape index (κ3) is 8.90. The summed E-state index contributed by atoms with van der Waals surface area (Å²) in [5.74, 6) is -8.73. The van der Waals surface area contributed by atoms with Crippen molar-refractivity contribution in [1.82, 2.24) is 0 Å². The Morgan fingerprint density at radius 2 is 1.31 bits per heavy atom. The van der Waals surface area contributed by atoms with Crippen molar-refractivity contribution >= 4 is 11.9 Å². The van der Waals surface area contributed by atoms with Crippen LogP contribution in [-0.2, 0) is 23.8 Å². The highest BCUT2D eigenvalue weighted by Crippen LogP contribution is 2.59. The molecule has 0 amide bonds. The second-order valence-electron chi connectivity index (χ2n) is 17.4. The molecule has 2 aliphatic carbocycles. The molecule has 58 heavy (non-hydrogen) atoms. The Bertz CT molecular complexity index is 1710. The first-order valence-corrected chi connectivity index (χ1v) is 20.0. The van der Waals surface area contributed by atoms with Gasteiger partial charge in [0.05, 0.1) is 36.5 Å². The van der Waals surface area contributed by atoms with Gasteiger partial charge in [0.15, 0.2) is 0 Å². The SMILES string of the molecule is C[C@@H]1CCC(/C(COC(=O)c2ccc(C(=O)OC/C(=C(/[O-])C(F)(F)F)C3CC[C@@H](C)[C@]4(C)CC[C@H](C)OCC34)cc2)=C(\O)C(F)(F)F)[C@@]2(OO)CO[C@@H](C)CC[C@@]12C. The molecule has 10 atom stereocenters. The second-order valence-corrected chi connectivity index (χ2v) is 17.4. The third-order valence-corrected chi connectivity index (χ3v) is 14.4. The molecule has 4 aliphatic rings. The molecule has 2 aliphatic heterocycles. The van der Waals surface area contributed by atoms with Crippen molar-refractivity contribution in [1.29, 1.82) is 0 Å². The van der Waals surface area contributed by atoms with Crippen molar-refractivity contribution in [2.24, 2.45) is 40.4 Å². The number of alkyl halides is 6. The molecule has 2 saturated carbocycles. The van der Waals surface area contributed by atoms with E-state index in [1.54, 1.807) is 13.8 Å². The van der Waals surface area contributed by atoms with Crippen LogP contribution < -0.4 is 5.11 Å². The van der Waals surface area contributed by atoms with Crippen LogP contribution in [0.25, 0.3) is 0 Å². The largest absolute Gasteiger partial charge is 0.869 e. The first kappa shape index (κ1) is 45.7. The second kappa shape index (κ2) is 17.3. The summed E-state index contributed by atoms with van der Waals surface area (Å²) in [5.41, 5.74) is -4.67. The lowest BCUT2D eigenvalue weighted by Crippen LogP contribution is -2.62. The maximum Gasteiger partial charge on any atom is 0.448 e. The van der Waals surface area contributed by atoms with Gasteiger partial charge in [-0.15, -0.1) is 0 Å². The molecule has 2 heterocycles. The van der Waals surface area contributed by atoms with Gasteiger partial charge in [-0.1, -0.05) is 27.7 Å². The summed E-state index contributed by atoms with van der Waals surface area (Å²) < 4.78 is 107. The zero-order valence-corrected chi connectivity index (χ0v) is 33.8. The van der Waals surface area contributed by atoms with E-state index < -0.39 is 94.4 Å². The lowest BCUT2D eigenvalue weighted by atomic mass is 9.52. The zero-order valence-electron chi connectivity index (χ0n) is 33.8. The van der Waals surface area contributed by atoms with Gasteiger partial charge >= 0.3 is 24.3 Å². The average Bonchev–Trinajstić information content (AvgIpc) is 3.42. The van der Waals surface area contributed by atoms with Gasteiger partial charge in [0.1, 0.15) is 18.8 Å². The molecule has 326 valence electrons. The number of aliphatic hydroxyl groups is 1. The van der Waals surface area contributed by atoms with Gasteiger partial charge < -0.3 is 29.2 Å². The molecule has 1 aromatic rings. The average molecular weight is 834 g/mol. The Morgan fingerprint density at radius 3 is 1.86 bits per heavy atom. The molecule has 16 heteroatoms. The molecule has 2 N–H and O–H groups in total. The van der Waals surface area contributed by atoms with Crippen molar-refractivity contribution in [3.63, 3.8) is 0 Å². The van der Waals surface area contributed by atoms with Gasteiger partial charge in [0.25, 0.3) is 0 Å². The molecule has 4 fully saturated rings. The summed E-state index contributed by atoms with van der Waals surface area (Å²) >= 11 is 0. The number of hydrogen-bond acceptors (Lipinski definition) is 10. The normalized spacial score (nSPS) is 35.6. The van der Waals surface area contributed by atoms with Gasteiger partial charge in [-0.3, -0.25) is 5.26 Å². The molecule has 10 nitrogen and oxygen atoms in total. The number of ether oxygens (including phenoxy) is 4. The number of carbonyl (C=O) groups is 2. The van der Waals surface area contributed by atoms with Crippen molar-refractivity contribution < 1.29 is 75.2 Å². The number of rotatable bonds is 9. The number of benzene rings is 1. The summed E-state index contributed by atoms with van der Waals surface area (Å²) in [4.78, 5) is 31.5. The summed E-state index contributed by atoms with van der Waals surface area (Å²) in [6, 6.07) is 4.49. The van der Waals surface area contributed by atoms with E-state index in [2.05, 4.69) is 0 Å². The molecule has 0 bridgehead atoms. The van der Waals surface area contributed by atoms with Crippen molar-refractivity contribution in [2.75, 3.05) is 26.4 Å². The summed E-state index contributed by atoms with van der Waals surface area (Å²) in [6.45, 7) is 9.39. The molecular weight excluding hydrogens is 778 g/mol. The molecule has 3 unspecified atom stereocenters. The Labute approximate surface area is 334 Å². The van der Waals surface area contributed by atoms with E-state index in [1.807, 2.05) is 27.7 Å². The number of hydrogen-bond donors (Lipinski definition) is 2. The topological polar surface area (TPSA) is 144 Å². The number of allylic oxidation sites excluding steroid dienone is 2. The highest BCUT2D eigenvalue weighted by Gasteiger charge is 2.63. The van der Waals surface area contributed by atoms with E-state index in [0.29, 0.717) is 38.5 Å². The van der Waals surface area contributed by atoms with Gasteiger partial charge in [0.2, 0.25) is 5.76 Å². The Hall–Kier alpha value is -3.34. The summed E-state index contributed by atoms with van der Waals surface area (Å²) in [5, 5.41) is 33.8. The number of aliphatic hydroxyl groups excluding tert-OH is 1. The fraction of sp³-hybridized carbons (Fsp3) is 0.714. The number of esters is 2. The first-order chi connectivity index (χ1) is 27.0. The van der Waals surface area contributed by atoms with Crippen LogP contribution in [0.5, 0.6) is 0 Å². The standard InChI is InChI=1S/C42H56F6O10/c1-23-7-13-29(33-21-54-25(3)15-17-38(23,33)5)30(34(49)41(43,44)45)19-55-36(51)27-9-11-28(12-10-27)37(52)56-20-31(35(50)42(46,47)48)32-14-8-24(2)39(6)18-16-26(4)57-22-40(32,39)58-53/h9-12,23-26,29,32-33,49-50,53H,7-8,13-22H2,1-6H3/p-1/b34-30-,35-31-/t23-,24-,25+,26+,29?,32?,33?,38+,39+,40+/m1/s1. The van der Waals surface area contributed by atoms with E-state index in [1.165, 1.54) is 0 Å². The Morgan fingerprint density at radius 1 is 0.776 bits per heavy atom. The monoisotopic (exact) mass is 833 g/mol. The van der Waals surface area contributed by atoms with Crippen LogP contribution in [0.3, 0.4) is 0 Å². The van der Waals surface area contributed by atoms with Crippen molar-refractivity contribution in [3.05, 3.63) is 58.1 Å². The van der Waals surface area contributed by atoms with Crippen LogP contribution in [0.1, 0.15) is 114 Å². The molecule has 2 saturated heterocycles. The molecule has 1 aromatic carbocycles. The smallest absolute Gasteiger partial charge is 0.448 e. The fourth-order valence-corrected chi connectivity index (χ4v) is 10.1. The van der Waals surface area contributed by atoms with E-state index in [0.717, 1.165) is 24.3 Å². The first-order valence-electron chi connectivity index (χ1n) is 20.0. The minimum atomic E-state index is -5.24. The number of carbonyl (C=O) groups excluding carboxylic acids is 2. The van der Waals surface area contributed by atoms with Crippen LogP contribution in [0, 0.1) is 40.4 Å². The lowest BCUT2D eigenvalue weighted by molar-refractivity contribution is -0.386. The maximum atomic E-state index is 14.1. The van der Waals surface area contributed by atoms with E-state index in [-0.39, 0.29) is 61.2 Å². The Balaban J connectivity index is 1.33. The van der Waals surface area contributed by atoms with Gasteiger partial charge in [-0.25, -0.2) is 14.5 Å². The predicted octanol–water partition coefficient (Wildman–Crippen LogP) is 8.90. The van der Waals surface area contributed by atoms with Gasteiger partial charge in [-0.2, -0.15) is 26.3 Å². The highest BCUT2D eigenvalue weighted by atomic mass is 19.4. The number of halogens is 6. The van der Waals surface area contributed by atoms with Crippen LogP contribution in [0.4, 0.5) is 26.3 Å². The minimum Gasteiger partial charge on any atom is -0.869 e. The number of fused-ring (bicyclic) bond motifs is 2.